The number of nitrogens with zero attached hydrogens (tertiary/aromatic N) is 1. The molecule has 20 heavy (non-hydrogen) atoms. The van der Waals surface area contributed by atoms with Crippen LogP contribution < -0.4 is 5.32 Å². The van der Waals surface area contributed by atoms with Crippen LogP contribution in [-0.4, -0.2) is 17.6 Å². The Bertz CT molecular complexity index is 576. The first-order chi connectivity index (χ1) is 9.54. The van der Waals surface area contributed by atoms with Crippen LogP contribution in [0.1, 0.15) is 19.5 Å². The van der Waals surface area contributed by atoms with Crippen LogP contribution in [0.3, 0.4) is 0 Å². The van der Waals surface area contributed by atoms with E-state index in [1.54, 1.807) is 18.2 Å². The van der Waals surface area contributed by atoms with Crippen molar-refractivity contribution in [3.63, 3.8) is 0 Å². The molecule has 5 heteroatoms. The second-order valence-electron chi connectivity index (χ2n) is 5.06. The number of carbonyl (C=O) groups excluding carboxylic acids is 1. The first-order valence-corrected chi connectivity index (χ1v) is 6.53. The summed E-state index contributed by atoms with van der Waals surface area (Å²) >= 11 is 0. The van der Waals surface area contributed by atoms with E-state index in [1.807, 2.05) is 13.8 Å². The second-order valence-corrected chi connectivity index (χ2v) is 5.06. The predicted octanol–water partition coefficient (Wildman–Crippen LogP) is 2.80. The van der Waals surface area contributed by atoms with E-state index >= 15 is 0 Å². The molecule has 2 aromatic rings. The lowest BCUT2D eigenvalue weighted by Crippen LogP contribution is -2.28. The number of carbonyl (C=O) groups is 1. The van der Waals surface area contributed by atoms with Gasteiger partial charge in [-0.1, -0.05) is 19.0 Å². The minimum Gasteiger partial charge on any atom is -0.356 e. The number of hydrogen-bond donors (Lipinski definition) is 1. The van der Waals surface area contributed by atoms with Crippen molar-refractivity contribution in [2.75, 3.05) is 6.54 Å². The molecule has 0 aliphatic carbocycles. The molecule has 2 rings (SSSR count). The van der Waals surface area contributed by atoms with Crippen LogP contribution in [0.5, 0.6) is 0 Å². The average molecular weight is 276 g/mol. The van der Waals surface area contributed by atoms with Crippen molar-refractivity contribution in [1.29, 1.82) is 0 Å². The summed E-state index contributed by atoms with van der Waals surface area (Å²) in [5, 5.41) is 6.67. The molecule has 0 radical (unpaired) electrons. The molecule has 106 valence electrons. The van der Waals surface area contributed by atoms with Crippen molar-refractivity contribution < 1.29 is 13.7 Å². The molecule has 1 aromatic carbocycles. The van der Waals surface area contributed by atoms with Gasteiger partial charge < -0.3 is 9.84 Å². The molecule has 1 heterocycles. The van der Waals surface area contributed by atoms with Crippen LogP contribution in [0.25, 0.3) is 11.3 Å². The molecule has 0 aliphatic rings. The van der Waals surface area contributed by atoms with Gasteiger partial charge in [-0.25, -0.2) is 4.39 Å². The molecule has 4 nitrogen and oxygen atoms in total. The SMILES string of the molecule is CC(C)CNC(=O)Cc1cc(-c2ccc(F)cc2)on1. The Morgan fingerprint density at radius 2 is 2.05 bits per heavy atom. The van der Waals surface area contributed by atoms with Gasteiger partial charge in [-0.05, 0) is 30.2 Å². The van der Waals surface area contributed by atoms with E-state index in [4.69, 9.17) is 4.52 Å². The number of amides is 1. The second kappa shape index (κ2) is 6.32. The summed E-state index contributed by atoms with van der Waals surface area (Å²) in [6.07, 6.45) is 0.178. The molecule has 0 bridgehead atoms. The van der Waals surface area contributed by atoms with Crippen LogP contribution in [-0.2, 0) is 11.2 Å². The third-order valence-electron chi connectivity index (χ3n) is 2.74. The number of halogens is 1. The quantitative estimate of drug-likeness (QED) is 0.913. The van der Waals surface area contributed by atoms with E-state index in [0.29, 0.717) is 23.9 Å². The first kappa shape index (κ1) is 14.2. The summed E-state index contributed by atoms with van der Waals surface area (Å²) in [4.78, 5) is 11.7. The van der Waals surface area contributed by atoms with Crippen LogP contribution in [0.2, 0.25) is 0 Å². The maximum absolute atomic E-state index is 12.8. The number of benzene rings is 1. The summed E-state index contributed by atoms with van der Waals surface area (Å²) in [7, 11) is 0. The van der Waals surface area contributed by atoms with Gasteiger partial charge in [0.05, 0.1) is 12.1 Å². The molecule has 1 N–H and O–H groups in total. The van der Waals surface area contributed by atoms with Crippen LogP contribution in [0, 0.1) is 11.7 Å². The maximum Gasteiger partial charge on any atom is 0.226 e. The van der Waals surface area contributed by atoms with Gasteiger partial charge in [-0.3, -0.25) is 4.79 Å². The molecular weight excluding hydrogens is 259 g/mol. The van der Waals surface area contributed by atoms with E-state index in [1.165, 1.54) is 12.1 Å². The van der Waals surface area contributed by atoms with Gasteiger partial charge in [0.1, 0.15) is 5.82 Å². The molecule has 0 aliphatic heterocycles. The lowest BCUT2D eigenvalue weighted by molar-refractivity contribution is -0.120. The zero-order valence-electron chi connectivity index (χ0n) is 11.5. The van der Waals surface area contributed by atoms with Gasteiger partial charge in [0.25, 0.3) is 0 Å². The minimum absolute atomic E-state index is 0.0855. The normalized spacial score (nSPS) is 10.8. The smallest absolute Gasteiger partial charge is 0.226 e. The van der Waals surface area contributed by atoms with Crippen molar-refractivity contribution in [2.24, 2.45) is 5.92 Å². The molecule has 1 amide bonds. The molecule has 1 aromatic heterocycles. The monoisotopic (exact) mass is 276 g/mol. The van der Waals surface area contributed by atoms with Gasteiger partial charge in [-0.2, -0.15) is 0 Å². The minimum atomic E-state index is -0.304. The highest BCUT2D eigenvalue weighted by Crippen LogP contribution is 2.20. The van der Waals surface area contributed by atoms with Crippen molar-refractivity contribution in [2.45, 2.75) is 20.3 Å². The van der Waals surface area contributed by atoms with Crippen molar-refractivity contribution in [1.82, 2.24) is 10.5 Å². The summed E-state index contributed by atoms with van der Waals surface area (Å²) < 4.78 is 18.0. The van der Waals surface area contributed by atoms with Crippen LogP contribution >= 0.6 is 0 Å². The first-order valence-electron chi connectivity index (χ1n) is 6.53. The Balaban J connectivity index is 1.98. The highest BCUT2D eigenvalue weighted by molar-refractivity contribution is 5.78. The van der Waals surface area contributed by atoms with Gasteiger partial charge in [0.15, 0.2) is 5.76 Å². The standard InChI is InChI=1S/C15H17FN2O2/c1-10(2)9-17-15(19)8-13-7-14(20-18-13)11-3-5-12(16)6-4-11/h3-7,10H,8-9H2,1-2H3,(H,17,19). The van der Waals surface area contributed by atoms with E-state index in [2.05, 4.69) is 10.5 Å². The van der Waals surface area contributed by atoms with Crippen LogP contribution in [0.15, 0.2) is 34.9 Å². The Labute approximate surface area is 117 Å². The van der Waals surface area contributed by atoms with E-state index < -0.39 is 0 Å². The average Bonchev–Trinajstić information content (AvgIpc) is 2.85. The number of nitrogens with one attached hydrogen (secondary N) is 1. The van der Waals surface area contributed by atoms with Crippen LogP contribution in [0.4, 0.5) is 4.39 Å². The molecule has 0 saturated heterocycles. The topological polar surface area (TPSA) is 55.1 Å². The highest BCUT2D eigenvalue weighted by Gasteiger charge is 2.10. The highest BCUT2D eigenvalue weighted by atomic mass is 19.1. The largest absolute Gasteiger partial charge is 0.356 e. The van der Waals surface area contributed by atoms with Crippen molar-refractivity contribution in [3.8, 4) is 11.3 Å². The molecule has 0 saturated carbocycles. The molecular formula is C15H17FN2O2. The fraction of sp³-hybridized carbons (Fsp3) is 0.333. The zero-order chi connectivity index (χ0) is 14.5. The summed E-state index contributed by atoms with van der Waals surface area (Å²) in [5.41, 5.74) is 1.29. The molecule has 0 spiro atoms. The van der Waals surface area contributed by atoms with Gasteiger partial charge >= 0.3 is 0 Å². The van der Waals surface area contributed by atoms with Gasteiger partial charge in [0.2, 0.25) is 5.91 Å². The fourth-order valence-corrected chi connectivity index (χ4v) is 1.69. The van der Waals surface area contributed by atoms with Gasteiger partial charge in [0, 0.05) is 18.2 Å². The summed E-state index contributed by atoms with van der Waals surface area (Å²) in [5.74, 6) is 0.543. The van der Waals surface area contributed by atoms with Crippen molar-refractivity contribution in [3.05, 3.63) is 41.8 Å². The Morgan fingerprint density at radius 3 is 2.70 bits per heavy atom. The van der Waals surface area contributed by atoms with Gasteiger partial charge in [-0.15, -0.1) is 0 Å². The molecule has 0 unspecified atom stereocenters. The zero-order valence-corrected chi connectivity index (χ0v) is 11.5. The Kier molecular flexibility index (Phi) is 4.50. The lowest BCUT2D eigenvalue weighted by Gasteiger charge is -2.05. The van der Waals surface area contributed by atoms with E-state index in [0.717, 1.165) is 5.56 Å². The van der Waals surface area contributed by atoms with Crippen molar-refractivity contribution >= 4 is 5.91 Å². The maximum atomic E-state index is 12.8. The fourth-order valence-electron chi connectivity index (χ4n) is 1.69. The number of rotatable bonds is 5. The Morgan fingerprint density at radius 1 is 1.35 bits per heavy atom. The summed E-state index contributed by atoms with van der Waals surface area (Å²) in [6.45, 7) is 4.70. The molecule has 0 atom stereocenters. The third-order valence-corrected chi connectivity index (χ3v) is 2.74. The van der Waals surface area contributed by atoms with E-state index in [9.17, 15) is 9.18 Å². The molecule has 0 fully saturated rings. The number of aromatic nitrogens is 1. The number of hydrogen-bond acceptors (Lipinski definition) is 3. The van der Waals surface area contributed by atoms with E-state index in [-0.39, 0.29) is 18.1 Å². The predicted molar refractivity (Wildman–Crippen MR) is 73.4 cm³/mol. The third kappa shape index (κ3) is 3.91. The lowest BCUT2D eigenvalue weighted by atomic mass is 10.1. The Hall–Kier alpha value is -2.17. The summed E-state index contributed by atoms with van der Waals surface area (Å²) in [6, 6.07) is 7.62.